The molecule has 0 saturated carbocycles. The van der Waals surface area contributed by atoms with Crippen LogP contribution in [0.5, 0.6) is 11.8 Å². The van der Waals surface area contributed by atoms with Gasteiger partial charge in [0.05, 0.1) is 30.8 Å². The van der Waals surface area contributed by atoms with E-state index in [4.69, 9.17) is 9.47 Å². The summed E-state index contributed by atoms with van der Waals surface area (Å²) in [6.07, 6.45) is 2.79. The van der Waals surface area contributed by atoms with Crippen LogP contribution in [-0.4, -0.2) is 27.4 Å². The third-order valence-corrected chi connectivity index (χ3v) is 5.03. The molecule has 152 valence electrons. The number of nitrogens with one attached hydrogen (secondary N) is 1. The predicted molar refractivity (Wildman–Crippen MR) is 106 cm³/mol. The van der Waals surface area contributed by atoms with Gasteiger partial charge in [-0.2, -0.15) is 0 Å². The lowest BCUT2D eigenvalue weighted by Crippen LogP contribution is -2.40. The Labute approximate surface area is 169 Å². The minimum Gasteiger partial charge on any atom is -0.424 e. The van der Waals surface area contributed by atoms with Crippen LogP contribution in [0, 0.1) is 5.41 Å². The van der Waals surface area contributed by atoms with Crippen LogP contribution < -0.4 is 15.0 Å². The van der Waals surface area contributed by atoms with E-state index in [9.17, 15) is 9.59 Å². The molecule has 29 heavy (non-hydrogen) atoms. The summed E-state index contributed by atoms with van der Waals surface area (Å²) in [5.74, 6) is 0.249. The van der Waals surface area contributed by atoms with Crippen molar-refractivity contribution in [3.8, 4) is 11.8 Å². The molecule has 1 N–H and O–H groups in total. The predicted octanol–water partition coefficient (Wildman–Crippen LogP) is 3.72. The highest BCUT2D eigenvalue weighted by atomic mass is 16.5. The van der Waals surface area contributed by atoms with Gasteiger partial charge in [0, 0.05) is 0 Å². The maximum absolute atomic E-state index is 12.4. The molecule has 0 spiro atoms. The quantitative estimate of drug-likeness (QED) is 0.795. The first-order chi connectivity index (χ1) is 13.6. The number of anilines is 1. The fraction of sp³-hybridized carbons (Fsp3) is 0.429. The van der Waals surface area contributed by atoms with Gasteiger partial charge < -0.3 is 14.8 Å². The molecule has 1 atom stereocenters. The number of amides is 3. The summed E-state index contributed by atoms with van der Waals surface area (Å²) in [6, 6.07) is 5.43. The molecule has 8 nitrogen and oxygen atoms in total. The van der Waals surface area contributed by atoms with Crippen LogP contribution in [0.15, 0.2) is 30.6 Å². The van der Waals surface area contributed by atoms with E-state index >= 15 is 0 Å². The summed E-state index contributed by atoms with van der Waals surface area (Å²) in [4.78, 5) is 33.8. The number of nitrogens with zero attached hydrogens (tertiary/aromatic N) is 3. The lowest BCUT2D eigenvalue weighted by atomic mass is 9.84. The summed E-state index contributed by atoms with van der Waals surface area (Å²) in [6.45, 7) is 10.3. The maximum atomic E-state index is 12.4. The van der Waals surface area contributed by atoms with Crippen LogP contribution in [-0.2, 0) is 16.1 Å². The number of urea groups is 1. The summed E-state index contributed by atoms with van der Waals surface area (Å²) in [7, 11) is 0. The van der Waals surface area contributed by atoms with Crippen molar-refractivity contribution in [1.82, 2.24) is 15.3 Å². The third kappa shape index (κ3) is 3.44. The van der Waals surface area contributed by atoms with E-state index in [0.29, 0.717) is 18.0 Å². The van der Waals surface area contributed by atoms with Gasteiger partial charge in [-0.05, 0) is 42.5 Å². The number of imide groups is 1. The molecule has 2 aliphatic rings. The van der Waals surface area contributed by atoms with Crippen molar-refractivity contribution in [3.63, 3.8) is 0 Å². The van der Waals surface area contributed by atoms with Gasteiger partial charge in [-0.15, -0.1) is 0 Å². The van der Waals surface area contributed by atoms with Crippen molar-refractivity contribution in [2.75, 3.05) is 4.90 Å². The molecule has 0 aliphatic carbocycles. The van der Waals surface area contributed by atoms with Crippen molar-refractivity contribution in [2.24, 2.45) is 5.41 Å². The van der Waals surface area contributed by atoms with Crippen LogP contribution in [0.25, 0.3) is 0 Å². The lowest BCUT2D eigenvalue weighted by Gasteiger charge is -2.26. The van der Waals surface area contributed by atoms with Crippen LogP contribution in [0.4, 0.5) is 10.5 Å². The highest BCUT2D eigenvalue weighted by Gasteiger charge is 2.45. The molecule has 2 aliphatic heterocycles. The number of benzene rings is 1. The molecule has 1 saturated heterocycles. The van der Waals surface area contributed by atoms with E-state index in [-0.39, 0.29) is 23.4 Å². The molecule has 3 amide bonds. The lowest BCUT2D eigenvalue weighted by molar-refractivity contribution is -0.121. The number of carbonyl (C=O) groups is 2. The minimum absolute atomic E-state index is 0.00705. The van der Waals surface area contributed by atoms with Crippen molar-refractivity contribution in [3.05, 3.63) is 41.7 Å². The van der Waals surface area contributed by atoms with E-state index < -0.39 is 11.6 Å². The Hall–Kier alpha value is -3.00. The normalized spacial score (nSPS) is 20.6. The van der Waals surface area contributed by atoms with Crippen molar-refractivity contribution in [1.29, 1.82) is 0 Å². The first-order valence-corrected chi connectivity index (χ1v) is 9.47. The minimum atomic E-state index is -0.956. The Balaban J connectivity index is 1.53. The van der Waals surface area contributed by atoms with Gasteiger partial charge in [-0.25, -0.2) is 19.7 Å². The molecule has 1 aromatic heterocycles. The van der Waals surface area contributed by atoms with Gasteiger partial charge in [0.25, 0.3) is 5.91 Å². The Morgan fingerprint density at radius 3 is 2.48 bits per heavy atom. The van der Waals surface area contributed by atoms with Crippen molar-refractivity contribution < 1.29 is 19.1 Å². The van der Waals surface area contributed by atoms with Gasteiger partial charge in [0.2, 0.25) is 0 Å². The second-order valence-corrected chi connectivity index (χ2v) is 8.94. The summed E-state index contributed by atoms with van der Waals surface area (Å²) >= 11 is 0. The third-order valence-electron chi connectivity index (χ3n) is 5.03. The summed E-state index contributed by atoms with van der Waals surface area (Å²) in [5, 5.41) is 2.62. The van der Waals surface area contributed by atoms with E-state index in [2.05, 4.69) is 36.1 Å². The number of hydrogen-bond donors (Lipinski definition) is 1. The first-order valence-electron chi connectivity index (χ1n) is 9.47. The molecule has 0 bridgehead atoms. The summed E-state index contributed by atoms with van der Waals surface area (Å²) in [5.41, 5.74) is 1.56. The Bertz CT molecular complexity index is 979. The molecule has 1 fully saturated rings. The molecule has 1 unspecified atom stereocenters. The van der Waals surface area contributed by atoms with E-state index in [1.54, 1.807) is 13.8 Å². The number of rotatable bonds is 3. The second-order valence-electron chi connectivity index (χ2n) is 8.94. The van der Waals surface area contributed by atoms with Gasteiger partial charge in [0.15, 0.2) is 0 Å². The smallest absolute Gasteiger partial charge is 0.329 e. The molecular weight excluding hydrogens is 372 g/mol. The van der Waals surface area contributed by atoms with Gasteiger partial charge in [0.1, 0.15) is 11.3 Å². The fourth-order valence-corrected chi connectivity index (χ4v) is 3.56. The maximum Gasteiger partial charge on any atom is 0.329 e. The van der Waals surface area contributed by atoms with Crippen molar-refractivity contribution >= 4 is 17.6 Å². The Morgan fingerprint density at radius 1 is 1.21 bits per heavy atom. The van der Waals surface area contributed by atoms with E-state index in [1.807, 2.05) is 18.2 Å². The molecule has 3 heterocycles. The Kier molecular flexibility index (Phi) is 4.34. The Morgan fingerprint density at radius 2 is 1.90 bits per heavy atom. The standard InChI is InChI=1S/C21H24N4O4/c1-20(2,3)16-15-8-14(7-6-12(15)11-28-16)29-18-22-9-13(10-23-18)25-17(26)21(4,5)24-19(25)27/h6-10,16H,11H2,1-5H3,(H,24,27). The highest BCUT2D eigenvalue weighted by Crippen LogP contribution is 2.44. The molecule has 8 heteroatoms. The van der Waals surface area contributed by atoms with E-state index in [1.165, 1.54) is 12.4 Å². The fourth-order valence-electron chi connectivity index (χ4n) is 3.56. The number of carbonyl (C=O) groups excluding carboxylic acids is 2. The monoisotopic (exact) mass is 396 g/mol. The van der Waals surface area contributed by atoms with Crippen LogP contribution in [0.3, 0.4) is 0 Å². The summed E-state index contributed by atoms with van der Waals surface area (Å²) < 4.78 is 11.7. The SMILES string of the molecule is CC1(C)NC(=O)N(c2cnc(Oc3ccc4c(c3)C(C(C)(C)C)OC4)nc2)C1=O. The highest BCUT2D eigenvalue weighted by molar-refractivity contribution is 6.22. The molecule has 0 radical (unpaired) electrons. The van der Waals surface area contributed by atoms with Crippen LogP contribution >= 0.6 is 0 Å². The van der Waals surface area contributed by atoms with Gasteiger partial charge in [-0.1, -0.05) is 26.8 Å². The van der Waals surface area contributed by atoms with E-state index in [0.717, 1.165) is 16.0 Å². The molecular formula is C21H24N4O4. The van der Waals surface area contributed by atoms with Gasteiger partial charge in [-0.3, -0.25) is 4.79 Å². The molecule has 2 aromatic rings. The zero-order valence-electron chi connectivity index (χ0n) is 17.1. The number of fused-ring (bicyclic) bond motifs is 1. The number of aromatic nitrogens is 2. The van der Waals surface area contributed by atoms with Crippen LogP contribution in [0.2, 0.25) is 0 Å². The molecule has 4 rings (SSSR count). The topological polar surface area (TPSA) is 93.7 Å². The zero-order valence-corrected chi connectivity index (χ0v) is 17.1. The largest absolute Gasteiger partial charge is 0.424 e. The van der Waals surface area contributed by atoms with Gasteiger partial charge >= 0.3 is 12.0 Å². The second kappa shape index (κ2) is 6.52. The zero-order chi connectivity index (χ0) is 21.0. The van der Waals surface area contributed by atoms with Crippen LogP contribution in [0.1, 0.15) is 51.8 Å². The molecule has 1 aromatic carbocycles. The number of hydrogen-bond acceptors (Lipinski definition) is 6. The van der Waals surface area contributed by atoms with Crippen molar-refractivity contribution in [2.45, 2.75) is 52.9 Å². The average molecular weight is 396 g/mol. The average Bonchev–Trinajstić information content (AvgIpc) is 3.14. The number of ether oxygens (including phenoxy) is 2. The first kappa shape index (κ1) is 19.3.